The predicted octanol–water partition coefficient (Wildman–Crippen LogP) is 2.93. The molecule has 0 heterocycles. The van der Waals surface area contributed by atoms with Crippen LogP contribution in [0.1, 0.15) is 58.8 Å². The fourth-order valence-corrected chi connectivity index (χ4v) is 3.03. The highest BCUT2D eigenvalue weighted by atomic mass is 15.0. The Balaban J connectivity index is 1.51. The Morgan fingerprint density at radius 2 is 1.88 bits per heavy atom. The SMILES string of the molecule is CC1(C)CCCCC1CNCCCNC1CC1. The minimum absolute atomic E-state index is 0.567. The van der Waals surface area contributed by atoms with E-state index in [0.29, 0.717) is 5.41 Å². The van der Waals surface area contributed by atoms with E-state index in [2.05, 4.69) is 24.5 Å². The highest BCUT2D eigenvalue weighted by Gasteiger charge is 2.31. The molecule has 0 bridgehead atoms. The molecule has 0 aromatic heterocycles. The first-order valence-electron chi connectivity index (χ1n) is 7.62. The topological polar surface area (TPSA) is 24.1 Å². The zero-order valence-electron chi connectivity index (χ0n) is 11.7. The van der Waals surface area contributed by atoms with Crippen LogP contribution >= 0.6 is 0 Å². The van der Waals surface area contributed by atoms with Crippen LogP contribution in [0.25, 0.3) is 0 Å². The third-order valence-corrected chi connectivity index (χ3v) is 4.66. The van der Waals surface area contributed by atoms with Gasteiger partial charge in [-0.15, -0.1) is 0 Å². The number of hydrogen-bond acceptors (Lipinski definition) is 2. The summed E-state index contributed by atoms with van der Waals surface area (Å²) in [5.74, 6) is 0.896. The lowest BCUT2D eigenvalue weighted by Gasteiger charge is -2.38. The lowest BCUT2D eigenvalue weighted by Crippen LogP contribution is -2.36. The van der Waals surface area contributed by atoms with Crippen LogP contribution in [0.15, 0.2) is 0 Å². The van der Waals surface area contributed by atoms with Gasteiger partial charge in [-0.1, -0.05) is 26.7 Å². The van der Waals surface area contributed by atoms with Crippen molar-refractivity contribution < 1.29 is 0 Å². The van der Waals surface area contributed by atoms with E-state index >= 15 is 0 Å². The van der Waals surface area contributed by atoms with Crippen LogP contribution in [0.3, 0.4) is 0 Å². The first kappa shape index (κ1) is 13.4. The monoisotopic (exact) mass is 238 g/mol. The summed E-state index contributed by atoms with van der Waals surface area (Å²) in [5.41, 5.74) is 0.567. The molecule has 0 radical (unpaired) electrons. The van der Waals surface area contributed by atoms with Crippen molar-refractivity contribution in [1.29, 1.82) is 0 Å². The molecule has 0 spiro atoms. The van der Waals surface area contributed by atoms with Crippen LogP contribution in [0.2, 0.25) is 0 Å². The fourth-order valence-electron chi connectivity index (χ4n) is 3.03. The maximum atomic E-state index is 3.66. The molecular weight excluding hydrogens is 208 g/mol. The van der Waals surface area contributed by atoms with Gasteiger partial charge in [0.15, 0.2) is 0 Å². The van der Waals surface area contributed by atoms with Crippen molar-refractivity contribution in [2.45, 2.75) is 64.8 Å². The molecule has 2 nitrogen and oxygen atoms in total. The minimum Gasteiger partial charge on any atom is -0.316 e. The zero-order chi connectivity index (χ0) is 12.1. The second kappa shape index (κ2) is 6.19. The molecule has 17 heavy (non-hydrogen) atoms. The second-order valence-corrected chi connectivity index (χ2v) is 6.72. The van der Waals surface area contributed by atoms with E-state index in [0.717, 1.165) is 12.0 Å². The zero-order valence-corrected chi connectivity index (χ0v) is 11.7. The Morgan fingerprint density at radius 1 is 1.06 bits per heavy atom. The van der Waals surface area contributed by atoms with E-state index in [9.17, 15) is 0 Å². The summed E-state index contributed by atoms with van der Waals surface area (Å²) >= 11 is 0. The Hall–Kier alpha value is -0.0800. The Kier molecular flexibility index (Phi) is 4.87. The molecule has 2 aliphatic rings. The summed E-state index contributed by atoms with van der Waals surface area (Å²) in [6, 6.07) is 0.868. The largest absolute Gasteiger partial charge is 0.316 e. The van der Waals surface area contributed by atoms with E-state index in [1.807, 2.05) is 0 Å². The van der Waals surface area contributed by atoms with Crippen molar-refractivity contribution in [3.63, 3.8) is 0 Å². The van der Waals surface area contributed by atoms with Gasteiger partial charge in [0.05, 0.1) is 0 Å². The van der Waals surface area contributed by atoms with Crippen molar-refractivity contribution in [2.75, 3.05) is 19.6 Å². The first-order valence-corrected chi connectivity index (χ1v) is 7.62. The third-order valence-electron chi connectivity index (χ3n) is 4.66. The minimum atomic E-state index is 0.567. The molecule has 0 amide bonds. The first-order chi connectivity index (χ1) is 8.18. The fraction of sp³-hybridized carbons (Fsp3) is 1.00. The Labute approximate surface area is 107 Å². The van der Waals surface area contributed by atoms with Gasteiger partial charge < -0.3 is 10.6 Å². The van der Waals surface area contributed by atoms with E-state index in [4.69, 9.17) is 0 Å². The predicted molar refractivity (Wildman–Crippen MR) is 74.3 cm³/mol. The molecule has 0 saturated heterocycles. The van der Waals surface area contributed by atoms with Crippen LogP contribution in [0.4, 0.5) is 0 Å². The van der Waals surface area contributed by atoms with Gasteiger partial charge in [-0.25, -0.2) is 0 Å². The molecule has 2 saturated carbocycles. The van der Waals surface area contributed by atoms with Gasteiger partial charge >= 0.3 is 0 Å². The molecule has 0 aromatic rings. The van der Waals surface area contributed by atoms with Crippen LogP contribution in [-0.2, 0) is 0 Å². The van der Waals surface area contributed by atoms with E-state index in [1.165, 1.54) is 64.6 Å². The summed E-state index contributed by atoms with van der Waals surface area (Å²) in [6.07, 6.45) is 9.83. The van der Waals surface area contributed by atoms with Gasteiger partial charge in [-0.05, 0) is 63.1 Å². The standard InChI is InChI=1S/C15H30N2/c1-15(2)9-4-3-6-13(15)12-16-10-5-11-17-14-7-8-14/h13-14,16-17H,3-12H2,1-2H3. The van der Waals surface area contributed by atoms with Crippen molar-refractivity contribution in [3.05, 3.63) is 0 Å². The Morgan fingerprint density at radius 3 is 2.59 bits per heavy atom. The van der Waals surface area contributed by atoms with Gasteiger partial charge in [-0.2, -0.15) is 0 Å². The smallest absolute Gasteiger partial charge is 0.00682 e. The van der Waals surface area contributed by atoms with Crippen molar-refractivity contribution >= 4 is 0 Å². The lowest BCUT2D eigenvalue weighted by atomic mass is 9.69. The molecule has 2 heteroatoms. The van der Waals surface area contributed by atoms with Crippen LogP contribution in [0.5, 0.6) is 0 Å². The molecule has 2 fully saturated rings. The van der Waals surface area contributed by atoms with Gasteiger partial charge in [-0.3, -0.25) is 0 Å². The lowest BCUT2D eigenvalue weighted by molar-refractivity contribution is 0.136. The van der Waals surface area contributed by atoms with Crippen molar-refractivity contribution in [1.82, 2.24) is 10.6 Å². The quantitative estimate of drug-likeness (QED) is 0.666. The molecule has 0 aliphatic heterocycles. The van der Waals surface area contributed by atoms with Gasteiger partial charge in [0.25, 0.3) is 0 Å². The molecular formula is C15H30N2. The summed E-state index contributed by atoms with van der Waals surface area (Å²) in [6.45, 7) is 8.52. The van der Waals surface area contributed by atoms with Crippen LogP contribution < -0.4 is 10.6 Å². The highest BCUT2D eigenvalue weighted by molar-refractivity contribution is 4.84. The second-order valence-electron chi connectivity index (χ2n) is 6.72. The van der Waals surface area contributed by atoms with E-state index < -0.39 is 0 Å². The molecule has 2 rings (SSSR count). The van der Waals surface area contributed by atoms with Crippen molar-refractivity contribution in [2.24, 2.45) is 11.3 Å². The average molecular weight is 238 g/mol. The molecule has 0 aromatic carbocycles. The number of rotatable bonds is 7. The molecule has 100 valence electrons. The third kappa shape index (κ3) is 4.59. The van der Waals surface area contributed by atoms with Crippen LogP contribution in [0, 0.1) is 11.3 Å². The molecule has 1 atom stereocenters. The average Bonchev–Trinajstić information content (AvgIpc) is 3.08. The number of nitrogens with one attached hydrogen (secondary N) is 2. The van der Waals surface area contributed by atoms with Gasteiger partial charge in [0, 0.05) is 6.04 Å². The van der Waals surface area contributed by atoms with E-state index in [1.54, 1.807) is 0 Å². The summed E-state index contributed by atoms with van der Waals surface area (Å²) in [4.78, 5) is 0. The maximum absolute atomic E-state index is 3.66. The van der Waals surface area contributed by atoms with Crippen LogP contribution in [-0.4, -0.2) is 25.7 Å². The molecule has 2 N–H and O–H groups in total. The highest BCUT2D eigenvalue weighted by Crippen LogP contribution is 2.39. The molecule has 1 unspecified atom stereocenters. The maximum Gasteiger partial charge on any atom is 0.00682 e. The molecule has 2 aliphatic carbocycles. The summed E-state index contributed by atoms with van der Waals surface area (Å²) in [5, 5.41) is 7.24. The van der Waals surface area contributed by atoms with E-state index in [-0.39, 0.29) is 0 Å². The van der Waals surface area contributed by atoms with Gasteiger partial charge in [0.1, 0.15) is 0 Å². The normalized spacial score (nSPS) is 28.2. The van der Waals surface area contributed by atoms with Crippen molar-refractivity contribution in [3.8, 4) is 0 Å². The Bertz CT molecular complexity index is 221. The van der Waals surface area contributed by atoms with Gasteiger partial charge in [0.2, 0.25) is 0 Å². The summed E-state index contributed by atoms with van der Waals surface area (Å²) in [7, 11) is 0. The summed E-state index contributed by atoms with van der Waals surface area (Å²) < 4.78 is 0. The number of hydrogen-bond donors (Lipinski definition) is 2.